The molecular formula is C13H21NO3S. The van der Waals surface area contributed by atoms with Crippen molar-refractivity contribution in [2.45, 2.75) is 26.7 Å². The predicted octanol–water partition coefficient (Wildman–Crippen LogP) is 1.74. The van der Waals surface area contributed by atoms with Gasteiger partial charge in [-0.25, -0.2) is 13.1 Å². The van der Waals surface area contributed by atoms with Gasteiger partial charge in [0.1, 0.15) is 5.75 Å². The average Bonchev–Trinajstić information content (AvgIpc) is 2.38. The van der Waals surface area contributed by atoms with Crippen LogP contribution in [0.1, 0.15) is 25.0 Å². The van der Waals surface area contributed by atoms with E-state index in [-0.39, 0.29) is 5.75 Å². The zero-order chi connectivity index (χ0) is 13.6. The van der Waals surface area contributed by atoms with Gasteiger partial charge in [0.25, 0.3) is 0 Å². The molecule has 4 nitrogen and oxygen atoms in total. The maximum Gasteiger partial charge on any atom is 0.211 e. The van der Waals surface area contributed by atoms with Crippen LogP contribution in [0.4, 0.5) is 0 Å². The van der Waals surface area contributed by atoms with Gasteiger partial charge in [-0.1, -0.05) is 19.1 Å². The van der Waals surface area contributed by atoms with Crippen molar-refractivity contribution < 1.29 is 13.2 Å². The highest BCUT2D eigenvalue weighted by atomic mass is 32.2. The molecule has 1 N–H and O–H groups in total. The van der Waals surface area contributed by atoms with Crippen LogP contribution < -0.4 is 9.46 Å². The van der Waals surface area contributed by atoms with Gasteiger partial charge in [-0.2, -0.15) is 0 Å². The second-order valence-corrected chi connectivity index (χ2v) is 6.14. The smallest absolute Gasteiger partial charge is 0.211 e. The highest BCUT2D eigenvalue weighted by molar-refractivity contribution is 7.89. The molecule has 0 atom stereocenters. The third-order valence-corrected chi connectivity index (χ3v) is 4.25. The van der Waals surface area contributed by atoms with Crippen LogP contribution in [-0.2, 0) is 22.9 Å². The number of nitrogens with one attached hydrogen (secondary N) is 1. The topological polar surface area (TPSA) is 55.4 Å². The largest absolute Gasteiger partial charge is 0.496 e. The Morgan fingerprint density at radius 3 is 2.56 bits per heavy atom. The molecule has 0 aliphatic rings. The Morgan fingerprint density at radius 1 is 1.28 bits per heavy atom. The predicted molar refractivity (Wildman–Crippen MR) is 73.5 cm³/mol. The van der Waals surface area contributed by atoms with Crippen molar-refractivity contribution in [2.24, 2.45) is 0 Å². The lowest BCUT2D eigenvalue weighted by Gasteiger charge is -2.10. The molecule has 0 aliphatic heterocycles. The maximum atomic E-state index is 11.3. The summed E-state index contributed by atoms with van der Waals surface area (Å²) in [7, 11) is -1.49. The number of benzene rings is 1. The summed E-state index contributed by atoms with van der Waals surface area (Å²) in [4.78, 5) is 0. The monoisotopic (exact) mass is 271 g/mol. The Hall–Kier alpha value is -1.07. The number of hydrogen-bond donors (Lipinski definition) is 1. The average molecular weight is 271 g/mol. The van der Waals surface area contributed by atoms with E-state index in [4.69, 9.17) is 4.74 Å². The third-order valence-electron chi connectivity index (χ3n) is 2.85. The van der Waals surface area contributed by atoms with E-state index in [1.54, 1.807) is 14.0 Å². The molecule has 102 valence electrons. The minimum absolute atomic E-state index is 0.110. The molecule has 0 saturated heterocycles. The fourth-order valence-electron chi connectivity index (χ4n) is 1.69. The number of aryl methyl sites for hydroxylation is 1. The van der Waals surface area contributed by atoms with Crippen LogP contribution in [0.2, 0.25) is 0 Å². The van der Waals surface area contributed by atoms with Crippen LogP contribution in [0, 0.1) is 0 Å². The number of rotatable bonds is 7. The molecule has 0 spiro atoms. The summed E-state index contributed by atoms with van der Waals surface area (Å²) in [6.07, 6.45) is 1.59. The lowest BCUT2D eigenvalue weighted by Crippen LogP contribution is -2.27. The molecule has 0 aliphatic carbocycles. The molecule has 0 amide bonds. The molecule has 1 aromatic carbocycles. The summed E-state index contributed by atoms with van der Waals surface area (Å²) in [6.45, 7) is 4.12. The van der Waals surface area contributed by atoms with E-state index in [0.717, 1.165) is 17.7 Å². The first-order chi connectivity index (χ1) is 8.52. The van der Waals surface area contributed by atoms with Gasteiger partial charge in [-0.15, -0.1) is 0 Å². The second kappa shape index (κ2) is 6.75. The summed E-state index contributed by atoms with van der Waals surface area (Å²) in [6, 6.07) is 6.03. The molecule has 1 rings (SSSR count). The first-order valence-corrected chi connectivity index (χ1v) is 7.80. The van der Waals surface area contributed by atoms with Crippen LogP contribution in [0.3, 0.4) is 0 Å². The standard InChI is InChI=1S/C13H21NO3S/c1-4-11-6-7-13(17-3)12(10-11)8-9-14-18(15,16)5-2/h6-7,10,14H,4-5,8-9H2,1-3H3. The number of ether oxygens (including phenoxy) is 1. The lowest BCUT2D eigenvalue weighted by atomic mass is 10.1. The van der Waals surface area contributed by atoms with E-state index >= 15 is 0 Å². The fourth-order valence-corrected chi connectivity index (χ4v) is 2.31. The van der Waals surface area contributed by atoms with Crippen LogP contribution in [0.25, 0.3) is 0 Å². The number of methoxy groups -OCH3 is 1. The lowest BCUT2D eigenvalue weighted by molar-refractivity contribution is 0.409. The Balaban J connectivity index is 2.71. The zero-order valence-electron chi connectivity index (χ0n) is 11.2. The van der Waals surface area contributed by atoms with Crippen molar-refractivity contribution in [3.8, 4) is 5.75 Å². The molecule has 0 bridgehead atoms. The maximum absolute atomic E-state index is 11.3. The second-order valence-electron chi connectivity index (χ2n) is 4.05. The first-order valence-electron chi connectivity index (χ1n) is 6.15. The summed E-state index contributed by atoms with van der Waals surface area (Å²) in [5.41, 5.74) is 2.26. The number of sulfonamides is 1. The quantitative estimate of drug-likeness (QED) is 0.822. The SMILES string of the molecule is CCc1ccc(OC)c(CCNS(=O)(=O)CC)c1. The van der Waals surface area contributed by atoms with Gasteiger partial charge >= 0.3 is 0 Å². The van der Waals surface area contributed by atoms with Gasteiger partial charge in [-0.3, -0.25) is 0 Å². The molecule has 1 aromatic rings. The Morgan fingerprint density at radius 2 is 2.00 bits per heavy atom. The third kappa shape index (κ3) is 4.31. The molecular weight excluding hydrogens is 250 g/mol. The highest BCUT2D eigenvalue weighted by Gasteiger charge is 2.08. The highest BCUT2D eigenvalue weighted by Crippen LogP contribution is 2.20. The van der Waals surface area contributed by atoms with Crippen LogP contribution >= 0.6 is 0 Å². The van der Waals surface area contributed by atoms with Gasteiger partial charge in [0.2, 0.25) is 10.0 Å². The van der Waals surface area contributed by atoms with Crippen LogP contribution in [-0.4, -0.2) is 27.8 Å². The van der Waals surface area contributed by atoms with E-state index in [9.17, 15) is 8.42 Å². The molecule has 0 radical (unpaired) electrons. The Labute approximate surface area is 109 Å². The molecule has 0 unspecified atom stereocenters. The van der Waals surface area contributed by atoms with Gasteiger partial charge < -0.3 is 4.74 Å². The Bertz CT molecular complexity index is 483. The van der Waals surface area contributed by atoms with Crippen LogP contribution in [0.15, 0.2) is 18.2 Å². The van der Waals surface area contributed by atoms with Crippen molar-refractivity contribution in [1.29, 1.82) is 0 Å². The minimum atomic E-state index is -3.12. The van der Waals surface area contributed by atoms with Crippen molar-refractivity contribution in [3.05, 3.63) is 29.3 Å². The summed E-state index contributed by atoms with van der Waals surface area (Å²) in [5, 5.41) is 0. The normalized spacial score (nSPS) is 11.5. The van der Waals surface area contributed by atoms with E-state index in [2.05, 4.69) is 17.7 Å². The van der Waals surface area contributed by atoms with Gasteiger partial charge in [0.15, 0.2) is 0 Å². The van der Waals surface area contributed by atoms with E-state index in [1.807, 2.05) is 12.1 Å². The summed E-state index contributed by atoms with van der Waals surface area (Å²) >= 11 is 0. The summed E-state index contributed by atoms with van der Waals surface area (Å²) < 4.78 is 30.5. The molecule has 0 saturated carbocycles. The van der Waals surface area contributed by atoms with Crippen molar-refractivity contribution in [2.75, 3.05) is 19.4 Å². The first kappa shape index (κ1) is 15.0. The van der Waals surface area contributed by atoms with Crippen molar-refractivity contribution in [1.82, 2.24) is 4.72 Å². The Kier molecular flexibility index (Phi) is 5.62. The fraction of sp³-hybridized carbons (Fsp3) is 0.538. The van der Waals surface area contributed by atoms with E-state index in [0.29, 0.717) is 13.0 Å². The van der Waals surface area contributed by atoms with Gasteiger partial charge in [0.05, 0.1) is 12.9 Å². The van der Waals surface area contributed by atoms with Crippen LogP contribution in [0.5, 0.6) is 5.75 Å². The molecule has 0 aromatic heterocycles. The zero-order valence-corrected chi connectivity index (χ0v) is 12.0. The minimum Gasteiger partial charge on any atom is -0.496 e. The van der Waals surface area contributed by atoms with Crippen molar-refractivity contribution in [3.63, 3.8) is 0 Å². The molecule has 0 fully saturated rings. The molecule has 18 heavy (non-hydrogen) atoms. The van der Waals surface area contributed by atoms with Crippen molar-refractivity contribution >= 4 is 10.0 Å². The summed E-state index contributed by atoms with van der Waals surface area (Å²) in [5.74, 6) is 0.918. The van der Waals surface area contributed by atoms with E-state index in [1.165, 1.54) is 5.56 Å². The van der Waals surface area contributed by atoms with Gasteiger partial charge in [0, 0.05) is 6.54 Å². The molecule has 5 heteroatoms. The van der Waals surface area contributed by atoms with Gasteiger partial charge in [-0.05, 0) is 37.0 Å². The van der Waals surface area contributed by atoms with E-state index < -0.39 is 10.0 Å². The molecule has 0 heterocycles. The number of hydrogen-bond acceptors (Lipinski definition) is 3.